The molecule has 0 radical (unpaired) electrons. The lowest BCUT2D eigenvalue weighted by Gasteiger charge is -2.37. The van der Waals surface area contributed by atoms with Gasteiger partial charge >= 0.3 is 72.2 Å². The van der Waals surface area contributed by atoms with Gasteiger partial charge in [0.15, 0.2) is 0 Å². The van der Waals surface area contributed by atoms with E-state index in [1.54, 1.807) is 39.6 Å². The average molecular weight is 1220 g/mol. The molecule has 78 heavy (non-hydrogen) atoms. The predicted molar refractivity (Wildman–Crippen MR) is 281 cm³/mol. The van der Waals surface area contributed by atoms with Gasteiger partial charge in [0.2, 0.25) is 0 Å². The normalized spacial score (nSPS) is 13.1. The van der Waals surface area contributed by atoms with Crippen LogP contribution in [0.2, 0.25) is 18.1 Å². The number of ether oxygens (including phenoxy) is 4. The van der Waals surface area contributed by atoms with E-state index < -0.39 is 96.2 Å². The van der Waals surface area contributed by atoms with Gasteiger partial charge in [0.25, 0.3) is 0 Å². The molecule has 0 aromatic rings. The molecule has 20 nitrogen and oxygen atoms in total. The van der Waals surface area contributed by atoms with E-state index in [4.69, 9.17) is 53.1 Å². The van der Waals surface area contributed by atoms with Gasteiger partial charge < -0.3 is 73.2 Å². The molecule has 2 N–H and O–H groups in total. The summed E-state index contributed by atoms with van der Waals surface area (Å²) in [6.45, 7) is 10.0. The van der Waals surface area contributed by atoms with Crippen LogP contribution in [-0.2, 0) is 81.6 Å². The molecule has 0 spiro atoms. The van der Waals surface area contributed by atoms with Gasteiger partial charge in [0.1, 0.15) is 13.2 Å². The van der Waals surface area contributed by atoms with Crippen LogP contribution < -0.4 is 10.6 Å². The molecule has 0 atom stereocenters. The molecule has 0 saturated carbocycles. The van der Waals surface area contributed by atoms with Gasteiger partial charge in [0.05, 0.1) is 0 Å². The van der Waals surface area contributed by atoms with Crippen molar-refractivity contribution in [2.24, 2.45) is 10.8 Å². The lowest BCUT2D eigenvalue weighted by atomic mass is 9.75. The quantitative estimate of drug-likeness (QED) is 0.0336. The minimum absolute atomic E-state index is 0.107. The second kappa shape index (κ2) is 40.9. The predicted octanol–water partition coefficient (Wildman–Crippen LogP) is 8.00. The summed E-state index contributed by atoms with van der Waals surface area (Å²) >= 11 is 0. The number of carbonyl (C=O) groups excluding carboxylic acids is 2. The molecule has 0 saturated heterocycles. The number of alkyl halides is 8. The number of nitrogens with one attached hydrogen (secondary N) is 2. The Bertz CT molecular complexity index is 1510. The third kappa shape index (κ3) is 30.8. The van der Waals surface area contributed by atoms with Crippen molar-refractivity contribution in [1.29, 1.82) is 0 Å². The third-order valence-electron chi connectivity index (χ3n) is 12.0. The Labute approximate surface area is 461 Å². The van der Waals surface area contributed by atoms with E-state index in [2.05, 4.69) is 44.0 Å². The molecule has 0 aromatic carbocycles. The largest absolute Gasteiger partial charge is 0.500 e. The van der Waals surface area contributed by atoms with E-state index in [0.29, 0.717) is 75.9 Å². The number of hydrogen-bond donors (Lipinski definition) is 2. The Balaban J connectivity index is -0.00000146. The highest BCUT2D eigenvalue weighted by Crippen LogP contribution is 2.40. The van der Waals surface area contributed by atoms with Crippen molar-refractivity contribution in [2.75, 3.05) is 125 Å². The van der Waals surface area contributed by atoms with Crippen LogP contribution in [0.5, 0.6) is 0 Å². The number of halogens is 8. The highest BCUT2D eigenvalue weighted by molar-refractivity contribution is 6.61. The van der Waals surface area contributed by atoms with E-state index in [9.17, 15) is 44.7 Å². The van der Waals surface area contributed by atoms with E-state index in [1.807, 2.05) is 5.32 Å². The molecule has 32 heteroatoms. The Morgan fingerprint density at radius 1 is 0.462 bits per heavy atom. The first-order valence-corrected chi connectivity index (χ1v) is 31.7. The molecule has 0 aromatic heterocycles. The summed E-state index contributed by atoms with van der Waals surface area (Å²) in [5.74, 6) is -3.96. The monoisotopic (exact) mass is 1220 g/mol. The van der Waals surface area contributed by atoms with Gasteiger partial charge in [0, 0.05) is 130 Å². The van der Waals surface area contributed by atoms with Crippen molar-refractivity contribution in [3.05, 3.63) is 38.0 Å². The minimum atomic E-state index is -4.84. The molecule has 0 heterocycles. The second-order valence-corrected chi connectivity index (χ2v) is 28.3. The SMILES string of the molecule is C=CCC(CC=C)(CC=C)CNC(=O)C(F)(F)OC(F)(F)COCC.CCOCC(F)(F)OC(F)(F)C(=O)NCC(CCC[Si](OC)(OC)OC)(CCC[Si](OC)(OC)OC)CCC[Si](OC)(OC)OC.CO[SiH](OC)OC. The zero-order valence-electron chi connectivity index (χ0n) is 48.0. The second-order valence-electron chi connectivity index (χ2n) is 17.1. The van der Waals surface area contributed by atoms with E-state index >= 15 is 0 Å². The Kier molecular flexibility index (Phi) is 42.0. The number of hydrogen-bond acceptors (Lipinski definition) is 18. The number of rotatable bonds is 46. The maximum absolute atomic E-state index is 14.7. The molecular formula is C46H90F8N2O18Si4. The van der Waals surface area contributed by atoms with Crippen molar-refractivity contribution < 1.29 is 117 Å². The zero-order chi connectivity index (χ0) is 60.8. The maximum Gasteiger partial charge on any atom is 0.500 e. The zero-order valence-corrected chi connectivity index (χ0v) is 52.2. The number of amides is 2. The van der Waals surface area contributed by atoms with Crippen LogP contribution in [-0.4, -0.2) is 197 Å². The van der Waals surface area contributed by atoms with E-state index in [1.165, 1.54) is 77.8 Å². The van der Waals surface area contributed by atoms with Crippen molar-refractivity contribution in [2.45, 2.75) is 114 Å². The van der Waals surface area contributed by atoms with Crippen molar-refractivity contribution in [3.63, 3.8) is 0 Å². The molecule has 0 aliphatic heterocycles. The Hall–Kier alpha value is -2.17. The van der Waals surface area contributed by atoms with Crippen LogP contribution in [0.3, 0.4) is 0 Å². The summed E-state index contributed by atoms with van der Waals surface area (Å²) < 4.78 is 191. The van der Waals surface area contributed by atoms with Crippen LogP contribution in [0.15, 0.2) is 38.0 Å². The highest BCUT2D eigenvalue weighted by Gasteiger charge is 2.52. The van der Waals surface area contributed by atoms with Crippen molar-refractivity contribution in [1.82, 2.24) is 10.6 Å². The van der Waals surface area contributed by atoms with Gasteiger partial charge in [-0.3, -0.25) is 9.59 Å². The summed E-state index contributed by atoms with van der Waals surface area (Å²) in [6, 6.07) is 1.15. The fourth-order valence-electron chi connectivity index (χ4n) is 7.73. The Morgan fingerprint density at radius 2 is 0.718 bits per heavy atom. The van der Waals surface area contributed by atoms with Gasteiger partial charge in [-0.1, -0.05) is 18.2 Å². The van der Waals surface area contributed by atoms with Crippen LogP contribution in [0.4, 0.5) is 35.1 Å². The standard InChI is InChI=1S/C26H55F4NO12Si3.C17H25F4NO3.C3H10O3Si/c1-11-42-22-25(27,28)43-26(29,30)23(32)31-21-24(15-12-18-44(33-2,34-3)35-4,16-13-19-45(36-5,37-6)38-7)17-14-20-46(39-8,40-9)41-10;1-5-9-15(10-6-2,11-7-3)12-22-14(23)17(20,21)25-16(18,19)13-24-8-4;1-4-7(5-2)6-3/h11-22H2,1-10H3,(H,31,32);5-7H,1-3,8-13H2,4H3,(H,22,23);7H,1-3H3. The van der Waals surface area contributed by atoms with Gasteiger partial charge in [-0.05, 0) is 82.5 Å². The summed E-state index contributed by atoms with van der Waals surface area (Å²) in [5, 5.41) is 4.14. The smallest absolute Gasteiger partial charge is 0.379 e. The molecule has 0 fully saturated rings. The third-order valence-corrected chi connectivity index (χ3v) is 21.6. The molecule has 2 amide bonds. The van der Waals surface area contributed by atoms with Crippen LogP contribution in [0.25, 0.3) is 0 Å². The maximum atomic E-state index is 14.7. The summed E-state index contributed by atoms with van der Waals surface area (Å²) in [5.41, 5.74) is -1.51. The first-order valence-electron chi connectivity index (χ1n) is 24.5. The minimum Gasteiger partial charge on any atom is -0.379 e. The van der Waals surface area contributed by atoms with Gasteiger partial charge in [-0.2, -0.15) is 35.1 Å². The molecule has 0 unspecified atom stereocenters. The molecule has 0 aliphatic rings. The lowest BCUT2D eigenvalue weighted by Crippen LogP contribution is -2.50. The van der Waals surface area contributed by atoms with Crippen LogP contribution in [0, 0.1) is 10.8 Å². The van der Waals surface area contributed by atoms with E-state index in [-0.39, 0.29) is 26.3 Å². The van der Waals surface area contributed by atoms with Crippen molar-refractivity contribution in [3.8, 4) is 0 Å². The van der Waals surface area contributed by atoms with E-state index in [0.717, 1.165) is 0 Å². The summed E-state index contributed by atoms with van der Waals surface area (Å²) in [6.07, 6.45) is -9.83. The van der Waals surface area contributed by atoms with Crippen LogP contribution >= 0.6 is 0 Å². The topological polar surface area (TPSA) is 206 Å². The molecule has 0 rings (SSSR count). The molecule has 0 aliphatic carbocycles. The van der Waals surface area contributed by atoms with Crippen molar-refractivity contribution >= 4 is 47.8 Å². The Morgan fingerprint density at radius 3 is 0.923 bits per heavy atom. The fraction of sp³-hybridized carbons (Fsp3) is 0.826. The molecule has 464 valence electrons. The average Bonchev–Trinajstić information content (AvgIpc) is 3.40. The first-order chi connectivity index (χ1) is 36.5. The lowest BCUT2D eigenvalue weighted by molar-refractivity contribution is -0.369. The molecular weight excluding hydrogens is 1130 g/mol. The highest BCUT2D eigenvalue weighted by atomic mass is 28.4. The van der Waals surface area contributed by atoms with Gasteiger partial charge in [-0.25, -0.2) is 9.47 Å². The fourth-order valence-corrected chi connectivity index (χ4v) is 13.5. The number of carbonyl (C=O) groups is 2. The van der Waals surface area contributed by atoms with Gasteiger partial charge in [-0.15, -0.1) is 19.7 Å². The number of allylic oxidation sites excluding steroid dienone is 3. The summed E-state index contributed by atoms with van der Waals surface area (Å²) in [7, 11) is 7.30. The first kappa shape index (κ1) is 80.0. The van der Waals surface area contributed by atoms with Crippen LogP contribution in [0.1, 0.15) is 71.6 Å². The molecule has 0 bridgehead atoms. The summed E-state index contributed by atoms with van der Waals surface area (Å²) in [4.78, 5) is 24.3.